The van der Waals surface area contributed by atoms with Crippen LogP contribution in [0.15, 0.2) is 18.3 Å². The Balaban J connectivity index is 2.60. The number of rotatable bonds is 5. The van der Waals surface area contributed by atoms with Gasteiger partial charge in [0, 0.05) is 18.8 Å². The molecule has 5 heteroatoms. The van der Waals surface area contributed by atoms with Crippen LogP contribution in [0.25, 0.3) is 0 Å². The van der Waals surface area contributed by atoms with Crippen molar-refractivity contribution < 1.29 is 4.79 Å². The minimum absolute atomic E-state index is 0.00924. The van der Waals surface area contributed by atoms with E-state index < -0.39 is 0 Å². The molecule has 3 N–H and O–H groups in total. The molecule has 1 atom stereocenters. The summed E-state index contributed by atoms with van der Waals surface area (Å²) >= 11 is 5.68. The molecule has 0 spiro atoms. The van der Waals surface area contributed by atoms with E-state index in [0.29, 0.717) is 17.3 Å². The van der Waals surface area contributed by atoms with Crippen LogP contribution < -0.4 is 11.1 Å². The molecule has 1 heterocycles. The van der Waals surface area contributed by atoms with Crippen LogP contribution in [-0.4, -0.2) is 23.5 Å². The summed E-state index contributed by atoms with van der Waals surface area (Å²) in [5.41, 5.74) is 5.91. The van der Waals surface area contributed by atoms with Gasteiger partial charge in [0.15, 0.2) is 0 Å². The van der Waals surface area contributed by atoms with Crippen molar-refractivity contribution in [2.75, 3.05) is 6.54 Å². The number of carbonyl (C=O) groups excluding carboxylic acids is 1. The maximum absolute atomic E-state index is 11.7. The molecule has 0 aromatic carbocycles. The normalized spacial score (nSPS) is 12.2. The molecule has 0 aliphatic carbocycles. The van der Waals surface area contributed by atoms with E-state index >= 15 is 0 Å². The van der Waals surface area contributed by atoms with E-state index in [1.807, 2.05) is 0 Å². The van der Waals surface area contributed by atoms with Crippen LogP contribution in [0.1, 0.15) is 30.3 Å². The van der Waals surface area contributed by atoms with Crippen LogP contribution in [0, 0.1) is 0 Å². The number of nitrogens with zero attached hydrogens (tertiary/aromatic N) is 1. The molecule has 1 unspecified atom stereocenters. The largest absolute Gasteiger partial charge is 0.347 e. The number of halogens is 1. The minimum Gasteiger partial charge on any atom is -0.347 e. The lowest BCUT2D eigenvalue weighted by Gasteiger charge is -2.15. The Morgan fingerprint density at radius 1 is 1.62 bits per heavy atom. The van der Waals surface area contributed by atoms with E-state index in [4.69, 9.17) is 17.3 Å². The summed E-state index contributed by atoms with van der Waals surface area (Å²) in [6.45, 7) is 2.49. The second-order valence-corrected chi connectivity index (χ2v) is 3.99. The van der Waals surface area contributed by atoms with Crippen molar-refractivity contribution in [3.63, 3.8) is 0 Å². The van der Waals surface area contributed by atoms with Crippen LogP contribution in [0.5, 0.6) is 0 Å². The molecule has 4 nitrogen and oxygen atoms in total. The van der Waals surface area contributed by atoms with E-state index in [1.165, 1.54) is 6.20 Å². The molecule has 0 bridgehead atoms. The zero-order chi connectivity index (χ0) is 12.0. The summed E-state index contributed by atoms with van der Waals surface area (Å²) in [7, 11) is 0. The fraction of sp³-hybridized carbons (Fsp3) is 0.455. The summed E-state index contributed by atoms with van der Waals surface area (Å²) in [5.74, 6) is -0.208. The molecule has 0 saturated heterocycles. The highest BCUT2D eigenvalue weighted by atomic mass is 35.5. The molecule has 1 amide bonds. The lowest BCUT2D eigenvalue weighted by Crippen LogP contribution is -2.40. The SMILES string of the molecule is CCCC(CN)NC(=O)c1ccc(Cl)cn1. The number of nitrogens with two attached hydrogens (primary N) is 1. The second kappa shape index (κ2) is 6.45. The van der Waals surface area contributed by atoms with Crippen LogP contribution in [0.4, 0.5) is 0 Å². The third kappa shape index (κ3) is 3.79. The average Bonchev–Trinajstić information content (AvgIpc) is 2.29. The average molecular weight is 242 g/mol. The summed E-state index contributed by atoms with van der Waals surface area (Å²) in [6, 6.07) is 3.24. The van der Waals surface area contributed by atoms with E-state index in [0.717, 1.165) is 12.8 Å². The van der Waals surface area contributed by atoms with Gasteiger partial charge in [0.05, 0.1) is 5.02 Å². The second-order valence-electron chi connectivity index (χ2n) is 3.56. The molecule has 1 aromatic rings. The summed E-state index contributed by atoms with van der Waals surface area (Å²) in [6.07, 6.45) is 3.31. The Kier molecular flexibility index (Phi) is 5.22. The summed E-state index contributed by atoms with van der Waals surface area (Å²) in [5, 5.41) is 3.35. The Labute approximate surface area is 100 Å². The van der Waals surface area contributed by atoms with Crippen molar-refractivity contribution in [2.45, 2.75) is 25.8 Å². The van der Waals surface area contributed by atoms with Gasteiger partial charge in [-0.2, -0.15) is 0 Å². The minimum atomic E-state index is -0.208. The maximum atomic E-state index is 11.7. The zero-order valence-electron chi connectivity index (χ0n) is 9.24. The monoisotopic (exact) mass is 241 g/mol. The Morgan fingerprint density at radius 3 is 2.88 bits per heavy atom. The first-order valence-corrected chi connectivity index (χ1v) is 5.67. The summed E-state index contributed by atoms with van der Waals surface area (Å²) < 4.78 is 0. The quantitative estimate of drug-likeness (QED) is 0.823. The first-order valence-electron chi connectivity index (χ1n) is 5.29. The van der Waals surface area contributed by atoms with Crippen molar-refractivity contribution in [2.24, 2.45) is 5.73 Å². The smallest absolute Gasteiger partial charge is 0.270 e. The number of nitrogens with one attached hydrogen (secondary N) is 1. The highest BCUT2D eigenvalue weighted by Crippen LogP contribution is 2.06. The van der Waals surface area contributed by atoms with Crippen molar-refractivity contribution in [3.8, 4) is 0 Å². The van der Waals surface area contributed by atoms with Gasteiger partial charge in [-0.1, -0.05) is 24.9 Å². The van der Waals surface area contributed by atoms with Crippen LogP contribution in [0.3, 0.4) is 0 Å². The van der Waals surface area contributed by atoms with E-state index in [2.05, 4.69) is 17.2 Å². The molecule has 1 rings (SSSR count). The molecule has 16 heavy (non-hydrogen) atoms. The standard InChI is InChI=1S/C11H16ClN3O/c1-2-3-9(6-13)15-11(16)10-5-4-8(12)7-14-10/h4-5,7,9H,2-3,6,13H2,1H3,(H,15,16). The molecule has 1 aromatic heterocycles. The first kappa shape index (κ1) is 12.9. The van der Waals surface area contributed by atoms with Gasteiger partial charge in [0.2, 0.25) is 0 Å². The van der Waals surface area contributed by atoms with Gasteiger partial charge in [0.25, 0.3) is 5.91 Å². The molecule has 88 valence electrons. The fourth-order valence-electron chi connectivity index (χ4n) is 1.37. The van der Waals surface area contributed by atoms with E-state index in [-0.39, 0.29) is 11.9 Å². The summed E-state index contributed by atoms with van der Waals surface area (Å²) in [4.78, 5) is 15.7. The third-order valence-corrected chi connectivity index (χ3v) is 2.44. The lowest BCUT2D eigenvalue weighted by molar-refractivity contribution is 0.0931. The van der Waals surface area contributed by atoms with Gasteiger partial charge in [-0.15, -0.1) is 0 Å². The number of hydrogen-bond acceptors (Lipinski definition) is 3. The molecular weight excluding hydrogens is 226 g/mol. The van der Waals surface area contributed by atoms with Gasteiger partial charge < -0.3 is 11.1 Å². The fourth-order valence-corrected chi connectivity index (χ4v) is 1.48. The van der Waals surface area contributed by atoms with Crippen molar-refractivity contribution in [1.82, 2.24) is 10.3 Å². The predicted octanol–water partition coefficient (Wildman–Crippen LogP) is 1.59. The number of carbonyl (C=O) groups is 1. The van der Waals surface area contributed by atoms with Crippen molar-refractivity contribution >= 4 is 17.5 Å². The number of pyridine rings is 1. The molecule has 0 aliphatic heterocycles. The van der Waals surface area contributed by atoms with E-state index in [1.54, 1.807) is 12.1 Å². The van der Waals surface area contributed by atoms with Gasteiger partial charge in [-0.3, -0.25) is 4.79 Å². The molecule has 0 aliphatic rings. The van der Waals surface area contributed by atoms with Gasteiger partial charge in [-0.25, -0.2) is 4.98 Å². The number of amides is 1. The van der Waals surface area contributed by atoms with Crippen molar-refractivity contribution in [3.05, 3.63) is 29.0 Å². The van der Waals surface area contributed by atoms with Crippen LogP contribution >= 0.6 is 11.6 Å². The van der Waals surface area contributed by atoms with Crippen molar-refractivity contribution in [1.29, 1.82) is 0 Å². The van der Waals surface area contributed by atoms with Crippen LogP contribution in [-0.2, 0) is 0 Å². The van der Waals surface area contributed by atoms with Gasteiger partial charge in [-0.05, 0) is 18.6 Å². The Hall–Kier alpha value is -1.13. The first-order chi connectivity index (χ1) is 7.67. The number of aromatic nitrogens is 1. The Bertz CT molecular complexity index is 340. The third-order valence-electron chi connectivity index (χ3n) is 2.22. The number of hydrogen-bond donors (Lipinski definition) is 2. The van der Waals surface area contributed by atoms with Gasteiger partial charge in [0.1, 0.15) is 5.69 Å². The molecule has 0 saturated carbocycles. The lowest BCUT2D eigenvalue weighted by atomic mass is 10.1. The molecule has 0 fully saturated rings. The maximum Gasteiger partial charge on any atom is 0.270 e. The molecule has 0 radical (unpaired) electrons. The topological polar surface area (TPSA) is 68.0 Å². The highest BCUT2D eigenvalue weighted by molar-refractivity contribution is 6.30. The van der Waals surface area contributed by atoms with Gasteiger partial charge >= 0.3 is 0 Å². The highest BCUT2D eigenvalue weighted by Gasteiger charge is 2.12. The zero-order valence-corrected chi connectivity index (χ0v) is 10.00. The van der Waals surface area contributed by atoms with Crippen LogP contribution in [0.2, 0.25) is 5.02 Å². The predicted molar refractivity (Wildman–Crippen MR) is 64.5 cm³/mol. The Morgan fingerprint density at radius 2 is 2.38 bits per heavy atom. The molecular formula is C11H16ClN3O. The van der Waals surface area contributed by atoms with E-state index in [9.17, 15) is 4.79 Å².